The van der Waals surface area contributed by atoms with Crippen LogP contribution in [-0.4, -0.2) is 11.7 Å². The molecule has 34 heavy (non-hydrogen) atoms. The second kappa shape index (κ2) is 15.2. The number of hydrogen-bond donors (Lipinski definition) is 1. The first-order chi connectivity index (χ1) is 16.7. The maximum Gasteiger partial charge on any atom is 0.0434 e. The molecule has 0 fully saturated rings. The van der Waals surface area contributed by atoms with Gasteiger partial charge < -0.3 is 5.11 Å². The number of terminal acetylenes is 1. The minimum Gasteiger partial charge on any atom is -0.396 e. The lowest BCUT2D eigenvalue weighted by Crippen LogP contribution is -1.95. The topological polar surface area (TPSA) is 20.2 Å². The van der Waals surface area contributed by atoms with Gasteiger partial charge in [-0.15, -0.1) is 12.8 Å². The smallest absolute Gasteiger partial charge is 0.0434 e. The Hall–Kier alpha value is -2.82. The Morgan fingerprint density at radius 1 is 0.618 bits per heavy atom. The zero-order valence-corrected chi connectivity index (χ0v) is 21.4. The molecule has 0 saturated heterocycles. The lowest BCUT2D eigenvalue weighted by atomic mass is 9.90. The van der Waals surface area contributed by atoms with Gasteiger partial charge >= 0.3 is 0 Å². The number of aryl methyl sites for hydroxylation is 4. The summed E-state index contributed by atoms with van der Waals surface area (Å²) in [6, 6.07) is 23.0. The van der Waals surface area contributed by atoms with Crippen molar-refractivity contribution in [1.82, 2.24) is 0 Å². The monoisotopic (exact) mass is 456 g/mol. The minimum absolute atomic E-state index is 0. The van der Waals surface area contributed by atoms with Crippen LogP contribution >= 0.6 is 0 Å². The molecule has 1 nitrogen and oxygen atoms in total. The van der Waals surface area contributed by atoms with E-state index in [1.54, 1.807) is 0 Å². The molecule has 3 rings (SSSR count). The number of hydrogen-bond acceptors (Lipinski definition) is 1. The number of unbranched alkanes of at least 4 members (excludes halogenated alkanes) is 3. The van der Waals surface area contributed by atoms with Crippen molar-refractivity contribution >= 4 is 0 Å². The zero-order chi connectivity index (χ0) is 24.8. The molecule has 0 radical (unpaired) electrons. The normalized spacial score (nSPS) is 10.5. The van der Waals surface area contributed by atoms with Crippen LogP contribution in [0.5, 0.6) is 0 Å². The van der Waals surface area contributed by atoms with Crippen molar-refractivity contribution in [3.05, 3.63) is 82.9 Å². The lowest BCUT2D eigenvalue weighted by molar-refractivity contribution is 0.288. The Labute approximate surface area is 209 Å². The molecule has 0 aliphatic rings. The van der Waals surface area contributed by atoms with E-state index in [1.807, 2.05) is 0 Å². The molecule has 1 N–H and O–H groups in total. The van der Waals surface area contributed by atoms with Gasteiger partial charge in [0, 0.05) is 8.03 Å². The first-order valence-electron chi connectivity index (χ1n) is 13.0. The van der Waals surface area contributed by atoms with Crippen molar-refractivity contribution in [1.29, 1.82) is 0 Å². The number of aliphatic hydroxyl groups excluding tert-OH is 1. The van der Waals surface area contributed by atoms with Crippen LogP contribution in [0.2, 0.25) is 0 Å². The second-order valence-electron chi connectivity index (χ2n) is 8.91. The molecule has 0 unspecified atom stereocenters. The Morgan fingerprint density at radius 2 is 1.18 bits per heavy atom. The van der Waals surface area contributed by atoms with Crippen molar-refractivity contribution in [2.75, 3.05) is 6.61 Å². The molecule has 3 aromatic rings. The first kappa shape index (κ1) is 27.4. The van der Waals surface area contributed by atoms with Crippen LogP contribution in [0.25, 0.3) is 22.3 Å². The molecule has 3 aromatic carbocycles. The summed E-state index contributed by atoms with van der Waals surface area (Å²) in [5, 5.41) is 9.14. The highest BCUT2D eigenvalue weighted by molar-refractivity contribution is 5.75. The summed E-state index contributed by atoms with van der Waals surface area (Å²) < 4.78 is 0. The molecule has 182 valence electrons. The van der Waals surface area contributed by atoms with E-state index in [2.05, 4.69) is 94.3 Å². The van der Waals surface area contributed by atoms with E-state index >= 15 is 0 Å². The fourth-order valence-corrected chi connectivity index (χ4v) is 4.60. The van der Waals surface area contributed by atoms with Crippen molar-refractivity contribution in [2.45, 2.75) is 78.6 Å². The average molecular weight is 457 g/mol. The maximum absolute atomic E-state index is 9.14. The Balaban J connectivity index is 0.00000199. The van der Waals surface area contributed by atoms with E-state index < -0.39 is 0 Å². The van der Waals surface area contributed by atoms with Gasteiger partial charge in [-0.2, -0.15) is 0 Å². The van der Waals surface area contributed by atoms with Crippen LogP contribution in [0.4, 0.5) is 0 Å². The summed E-state index contributed by atoms with van der Waals surface area (Å²) in [7, 11) is 0. The van der Waals surface area contributed by atoms with E-state index in [4.69, 9.17) is 5.11 Å². The van der Waals surface area contributed by atoms with Gasteiger partial charge in [0.25, 0.3) is 0 Å². The fraction of sp³-hybridized carbons (Fsp3) is 0.394. The SMILES string of the molecule is C#C.CCCCCCc1ccc(-c2ccc(-c3ccc(CCCO)cc3CC)cc2CC)cc1.[HH]. The predicted molar refractivity (Wildman–Crippen MR) is 151 cm³/mol. The van der Waals surface area contributed by atoms with Crippen LogP contribution in [0, 0.1) is 12.8 Å². The largest absolute Gasteiger partial charge is 0.396 e. The molecule has 0 bridgehead atoms. The molecule has 0 aromatic heterocycles. The Bertz CT molecular complexity index is 1020. The number of rotatable bonds is 12. The summed E-state index contributed by atoms with van der Waals surface area (Å²) in [6.45, 7) is 7.00. The molecule has 0 aliphatic heterocycles. The predicted octanol–water partition coefficient (Wildman–Crippen LogP) is 8.69. The molecular weight excluding hydrogens is 412 g/mol. The van der Waals surface area contributed by atoms with Crippen molar-refractivity contribution < 1.29 is 6.53 Å². The van der Waals surface area contributed by atoms with Crippen LogP contribution < -0.4 is 0 Å². The average Bonchev–Trinajstić information content (AvgIpc) is 2.91. The summed E-state index contributed by atoms with van der Waals surface area (Å²) in [4.78, 5) is 0. The second-order valence-corrected chi connectivity index (χ2v) is 8.91. The van der Waals surface area contributed by atoms with Gasteiger partial charge in [0.05, 0.1) is 0 Å². The molecule has 0 saturated carbocycles. The maximum atomic E-state index is 9.14. The van der Waals surface area contributed by atoms with E-state index in [0.717, 1.165) is 25.7 Å². The molecule has 1 heteroatoms. The molecule has 0 atom stereocenters. The number of benzene rings is 3. The van der Waals surface area contributed by atoms with Gasteiger partial charge in [-0.3, -0.25) is 0 Å². The number of aliphatic hydroxyl groups is 1. The van der Waals surface area contributed by atoms with Crippen LogP contribution in [0.3, 0.4) is 0 Å². The highest BCUT2D eigenvalue weighted by atomic mass is 16.2. The summed E-state index contributed by atoms with van der Waals surface area (Å²) >= 11 is 0. The fourth-order valence-electron chi connectivity index (χ4n) is 4.60. The summed E-state index contributed by atoms with van der Waals surface area (Å²) in [5.74, 6) is 0. The van der Waals surface area contributed by atoms with Crippen LogP contribution in [0.15, 0.2) is 60.7 Å². The molecular formula is C33H44O. The van der Waals surface area contributed by atoms with Gasteiger partial charge in [0.1, 0.15) is 0 Å². The van der Waals surface area contributed by atoms with E-state index in [1.165, 1.54) is 76.6 Å². The van der Waals surface area contributed by atoms with Crippen molar-refractivity contribution in [2.24, 2.45) is 0 Å². The third-order valence-corrected chi connectivity index (χ3v) is 6.56. The molecule has 0 heterocycles. The van der Waals surface area contributed by atoms with Crippen molar-refractivity contribution in [3.63, 3.8) is 0 Å². The highest BCUT2D eigenvalue weighted by Gasteiger charge is 2.10. The van der Waals surface area contributed by atoms with E-state index in [0.29, 0.717) is 0 Å². The quantitative estimate of drug-likeness (QED) is 0.213. The molecule has 0 spiro atoms. The lowest BCUT2D eigenvalue weighted by Gasteiger charge is -2.15. The van der Waals surface area contributed by atoms with Gasteiger partial charge in [-0.1, -0.05) is 101 Å². The van der Waals surface area contributed by atoms with Crippen LogP contribution in [-0.2, 0) is 25.7 Å². The van der Waals surface area contributed by atoms with E-state index in [9.17, 15) is 0 Å². The summed E-state index contributed by atoms with van der Waals surface area (Å²) in [5.41, 5.74) is 10.9. The highest BCUT2D eigenvalue weighted by Crippen LogP contribution is 2.32. The first-order valence-corrected chi connectivity index (χ1v) is 13.0. The van der Waals surface area contributed by atoms with E-state index in [-0.39, 0.29) is 8.03 Å². The van der Waals surface area contributed by atoms with Crippen molar-refractivity contribution in [3.8, 4) is 35.1 Å². The van der Waals surface area contributed by atoms with Gasteiger partial charge in [-0.05, 0) is 83.0 Å². The standard InChI is InChI=1S/C31H40O.C2H2.H2/c1-4-7-8-9-11-24-13-16-28(17-14-24)30-20-18-29(23-27(30)6-3)31-19-15-25(12-10-21-32)22-26(31)5-2;1-2;/h13-20,22-23,32H,4-12,21H2,1-3H3;1-2H;1H. The van der Waals surface area contributed by atoms with Gasteiger partial charge in [0.15, 0.2) is 0 Å². The third kappa shape index (κ3) is 7.61. The van der Waals surface area contributed by atoms with Gasteiger partial charge in [0.2, 0.25) is 0 Å². The Morgan fingerprint density at radius 3 is 1.82 bits per heavy atom. The molecule has 0 aliphatic carbocycles. The summed E-state index contributed by atoms with van der Waals surface area (Å²) in [6.07, 6.45) is 18.3. The Kier molecular flexibility index (Phi) is 12.2. The van der Waals surface area contributed by atoms with Crippen LogP contribution in [0.1, 0.15) is 76.6 Å². The zero-order valence-electron chi connectivity index (χ0n) is 21.4. The minimum atomic E-state index is 0. The van der Waals surface area contributed by atoms with Gasteiger partial charge in [-0.25, -0.2) is 0 Å². The molecule has 0 amide bonds. The third-order valence-electron chi connectivity index (χ3n) is 6.56.